The van der Waals surface area contributed by atoms with E-state index in [0.717, 1.165) is 22.2 Å². The molecule has 0 radical (unpaired) electrons. The van der Waals surface area contributed by atoms with Crippen molar-refractivity contribution in [1.82, 2.24) is 20.2 Å². The van der Waals surface area contributed by atoms with Crippen LogP contribution in [0.5, 0.6) is 0 Å². The fraction of sp³-hybridized carbons (Fsp3) is 0.227. The van der Waals surface area contributed by atoms with Gasteiger partial charge < -0.3 is 5.32 Å². The van der Waals surface area contributed by atoms with Gasteiger partial charge in [0.1, 0.15) is 23.6 Å². The van der Waals surface area contributed by atoms with Crippen LogP contribution in [0.4, 0.5) is 20.4 Å². The molecule has 146 valence electrons. The summed E-state index contributed by atoms with van der Waals surface area (Å²) in [6, 6.07) is 15.7. The highest BCUT2D eigenvalue weighted by Crippen LogP contribution is 2.49. The van der Waals surface area contributed by atoms with Crippen LogP contribution >= 0.6 is 0 Å². The molecule has 0 bridgehead atoms. The lowest BCUT2D eigenvalue weighted by Crippen LogP contribution is -2.45. The first kappa shape index (κ1) is 17.7. The lowest BCUT2D eigenvalue weighted by atomic mass is 9.62. The Kier molecular flexibility index (Phi) is 4.04. The Labute approximate surface area is 166 Å². The maximum Gasteiger partial charge on any atom is 0.153 e. The molecule has 2 N–H and O–H groups in total. The van der Waals surface area contributed by atoms with Gasteiger partial charge in [0.2, 0.25) is 0 Å². The van der Waals surface area contributed by atoms with Crippen molar-refractivity contribution in [3.8, 4) is 0 Å². The Hall–Kier alpha value is -3.35. The molecule has 2 aromatic carbocycles. The lowest BCUT2D eigenvalue weighted by molar-refractivity contribution is 0.117. The van der Waals surface area contributed by atoms with Crippen LogP contribution in [0.3, 0.4) is 0 Å². The SMILES string of the molecule is Cc1cc(Nc2nc([C@]3(c4ccc(F)cc4)C[C@@H](F)C3)nc3ccccc23)n[nH]1. The molecule has 2 aromatic heterocycles. The zero-order chi connectivity index (χ0) is 20.0. The number of para-hydroxylation sites is 1. The molecule has 0 amide bonds. The van der Waals surface area contributed by atoms with Crippen molar-refractivity contribution in [3.63, 3.8) is 0 Å². The van der Waals surface area contributed by atoms with E-state index in [4.69, 9.17) is 9.97 Å². The lowest BCUT2D eigenvalue weighted by Gasteiger charge is -2.43. The molecule has 2 heterocycles. The number of alkyl halides is 1. The van der Waals surface area contributed by atoms with Crippen molar-refractivity contribution in [2.45, 2.75) is 31.4 Å². The standard InChI is InChI=1S/C22H19F2N5/c1-13-10-19(29-28-13)26-20-17-4-2-3-5-18(17)25-21(27-20)22(11-16(24)12-22)14-6-8-15(23)9-7-14/h2-10,16H,11-12H2,1H3,(H2,25,26,27,28,29)/t16-,22-. The number of aryl methyl sites for hydroxylation is 1. The third-order valence-electron chi connectivity index (χ3n) is 5.52. The van der Waals surface area contributed by atoms with Crippen molar-refractivity contribution < 1.29 is 8.78 Å². The van der Waals surface area contributed by atoms with Gasteiger partial charge in [0.25, 0.3) is 0 Å². The van der Waals surface area contributed by atoms with E-state index < -0.39 is 11.6 Å². The van der Waals surface area contributed by atoms with E-state index in [9.17, 15) is 8.78 Å². The fourth-order valence-electron chi connectivity index (χ4n) is 4.00. The number of rotatable bonds is 4. The monoisotopic (exact) mass is 391 g/mol. The van der Waals surface area contributed by atoms with Crippen molar-refractivity contribution >= 4 is 22.5 Å². The first-order valence-electron chi connectivity index (χ1n) is 9.50. The summed E-state index contributed by atoms with van der Waals surface area (Å²) in [7, 11) is 0. The predicted molar refractivity (Wildman–Crippen MR) is 107 cm³/mol. The van der Waals surface area contributed by atoms with Crippen LogP contribution in [-0.2, 0) is 5.41 Å². The van der Waals surface area contributed by atoms with Gasteiger partial charge in [-0.25, -0.2) is 18.7 Å². The van der Waals surface area contributed by atoms with E-state index in [-0.39, 0.29) is 18.7 Å². The quantitative estimate of drug-likeness (QED) is 0.516. The number of hydrogen-bond acceptors (Lipinski definition) is 4. The number of nitrogens with one attached hydrogen (secondary N) is 2. The summed E-state index contributed by atoms with van der Waals surface area (Å²) in [4.78, 5) is 9.57. The van der Waals surface area contributed by atoms with E-state index in [2.05, 4.69) is 15.5 Å². The van der Waals surface area contributed by atoms with Crippen molar-refractivity contribution in [3.05, 3.63) is 77.5 Å². The molecule has 0 saturated heterocycles. The number of fused-ring (bicyclic) bond motifs is 1. The zero-order valence-corrected chi connectivity index (χ0v) is 15.8. The molecule has 29 heavy (non-hydrogen) atoms. The Bertz CT molecular complexity index is 1180. The van der Waals surface area contributed by atoms with E-state index in [1.165, 1.54) is 12.1 Å². The number of aromatic amines is 1. The fourth-order valence-corrected chi connectivity index (χ4v) is 4.00. The minimum atomic E-state index is -0.930. The van der Waals surface area contributed by atoms with Gasteiger partial charge in [-0.2, -0.15) is 5.10 Å². The van der Waals surface area contributed by atoms with Gasteiger partial charge in [-0.3, -0.25) is 5.10 Å². The van der Waals surface area contributed by atoms with Crippen molar-refractivity contribution in [2.24, 2.45) is 0 Å². The minimum Gasteiger partial charge on any atom is -0.323 e. The molecule has 4 aromatic rings. The van der Waals surface area contributed by atoms with E-state index in [0.29, 0.717) is 17.5 Å². The molecule has 0 spiro atoms. The molecule has 1 fully saturated rings. The molecule has 1 aliphatic carbocycles. The first-order chi connectivity index (χ1) is 14.0. The summed E-state index contributed by atoms with van der Waals surface area (Å²) in [6.07, 6.45) is -0.379. The third kappa shape index (κ3) is 3.03. The summed E-state index contributed by atoms with van der Waals surface area (Å²) in [5.74, 6) is 1.47. The highest BCUT2D eigenvalue weighted by atomic mass is 19.1. The first-order valence-corrected chi connectivity index (χ1v) is 9.50. The molecule has 0 aliphatic heterocycles. The van der Waals surface area contributed by atoms with E-state index in [1.54, 1.807) is 12.1 Å². The highest BCUT2D eigenvalue weighted by Gasteiger charge is 2.50. The summed E-state index contributed by atoms with van der Waals surface area (Å²) in [5, 5.41) is 11.2. The average Bonchev–Trinajstić information content (AvgIpc) is 3.10. The van der Waals surface area contributed by atoms with Gasteiger partial charge in [0.15, 0.2) is 5.82 Å². The van der Waals surface area contributed by atoms with Crippen molar-refractivity contribution in [2.75, 3.05) is 5.32 Å². The Morgan fingerprint density at radius 3 is 2.52 bits per heavy atom. The average molecular weight is 391 g/mol. The summed E-state index contributed by atoms with van der Waals surface area (Å²) in [5.41, 5.74) is 1.84. The topological polar surface area (TPSA) is 66.5 Å². The maximum absolute atomic E-state index is 14.1. The molecular formula is C22H19F2N5. The van der Waals surface area contributed by atoms with Gasteiger partial charge in [0.05, 0.1) is 10.9 Å². The zero-order valence-electron chi connectivity index (χ0n) is 15.8. The Balaban J connectivity index is 1.66. The van der Waals surface area contributed by atoms with Gasteiger partial charge in [-0.1, -0.05) is 24.3 Å². The number of aromatic nitrogens is 4. The molecule has 1 aliphatic rings. The van der Waals surface area contributed by atoms with Crippen LogP contribution in [0.2, 0.25) is 0 Å². The van der Waals surface area contributed by atoms with Crippen LogP contribution in [0.1, 0.15) is 29.9 Å². The van der Waals surface area contributed by atoms with Crippen LogP contribution in [-0.4, -0.2) is 26.3 Å². The van der Waals surface area contributed by atoms with Crippen LogP contribution in [0, 0.1) is 12.7 Å². The minimum absolute atomic E-state index is 0.276. The van der Waals surface area contributed by atoms with Crippen LogP contribution < -0.4 is 5.32 Å². The maximum atomic E-state index is 14.1. The number of benzene rings is 2. The summed E-state index contributed by atoms with van der Waals surface area (Å²) in [6.45, 7) is 1.92. The molecule has 0 unspecified atom stereocenters. The number of halogens is 2. The molecular weight excluding hydrogens is 372 g/mol. The predicted octanol–water partition coefficient (Wildman–Crippen LogP) is 4.96. The second kappa shape index (κ2) is 6.62. The van der Waals surface area contributed by atoms with Gasteiger partial charge in [-0.05, 0) is 49.6 Å². The number of H-pyrrole nitrogens is 1. The normalized spacial score (nSPS) is 21.1. The van der Waals surface area contributed by atoms with Crippen molar-refractivity contribution in [1.29, 1.82) is 0 Å². The van der Waals surface area contributed by atoms with E-state index >= 15 is 0 Å². The van der Waals surface area contributed by atoms with Gasteiger partial charge in [0, 0.05) is 17.1 Å². The largest absolute Gasteiger partial charge is 0.323 e. The molecule has 5 nitrogen and oxygen atoms in total. The molecule has 5 rings (SSSR count). The van der Waals surface area contributed by atoms with Gasteiger partial charge in [-0.15, -0.1) is 0 Å². The number of hydrogen-bond donors (Lipinski definition) is 2. The molecule has 1 saturated carbocycles. The summed E-state index contributed by atoms with van der Waals surface area (Å²) < 4.78 is 27.5. The van der Waals surface area contributed by atoms with Crippen LogP contribution in [0.25, 0.3) is 10.9 Å². The number of anilines is 2. The molecule has 0 atom stereocenters. The van der Waals surface area contributed by atoms with Gasteiger partial charge >= 0.3 is 0 Å². The second-order valence-corrected chi connectivity index (χ2v) is 7.57. The molecule has 7 heteroatoms. The summed E-state index contributed by atoms with van der Waals surface area (Å²) >= 11 is 0. The third-order valence-corrected chi connectivity index (χ3v) is 5.52. The number of nitrogens with zero attached hydrogens (tertiary/aromatic N) is 3. The second-order valence-electron chi connectivity index (χ2n) is 7.57. The smallest absolute Gasteiger partial charge is 0.153 e. The van der Waals surface area contributed by atoms with E-state index in [1.807, 2.05) is 37.3 Å². The highest BCUT2D eigenvalue weighted by molar-refractivity contribution is 5.90. The Morgan fingerprint density at radius 1 is 1.07 bits per heavy atom. The Morgan fingerprint density at radius 2 is 1.83 bits per heavy atom. The van der Waals surface area contributed by atoms with Crippen LogP contribution in [0.15, 0.2) is 54.6 Å².